The lowest BCUT2D eigenvalue weighted by atomic mass is 9.96. The summed E-state index contributed by atoms with van der Waals surface area (Å²) >= 11 is 0. The summed E-state index contributed by atoms with van der Waals surface area (Å²) in [4.78, 5) is 11.1. The van der Waals surface area contributed by atoms with Crippen molar-refractivity contribution >= 4 is 5.91 Å². The van der Waals surface area contributed by atoms with Crippen LogP contribution < -0.4 is 11.1 Å². The maximum Gasteiger partial charge on any atom is 0.234 e. The van der Waals surface area contributed by atoms with Crippen molar-refractivity contribution in [2.75, 3.05) is 0 Å². The number of nitrogens with one attached hydrogen (secondary N) is 1. The van der Waals surface area contributed by atoms with E-state index < -0.39 is 0 Å². The van der Waals surface area contributed by atoms with Gasteiger partial charge in [-0.3, -0.25) is 4.79 Å². The van der Waals surface area contributed by atoms with Gasteiger partial charge in [0.2, 0.25) is 5.91 Å². The number of primary amides is 1. The second-order valence-electron chi connectivity index (χ2n) is 4.09. The van der Waals surface area contributed by atoms with Crippen molar-refractivity contribution in [3.63, 3.8) is 0 Å². The zero-order chi connectivity index (χ0) is 9.84. The molecule has 0 spiro atoms. The lowest BCUT2D eigenvalue weighted by molar-refractivity contribution is -0.121. The van der Waals surface area contributed by atoms with Crippen molar-refractivity contribution in [2.45, 2.75) is 51.6 Å². The first kappa shape index (κ1) is 10.5. The first-order valence-corrected chi connectivity index (χ1v) is 5.20. The van der Waals surface area contributed by atoms with Gasteiger partial charge in [-0.2, -0.15) is 0 Å². The molecular formula is C10H20N2O. The van der Waals surface area contributed by atoms with Crippen LogP contribution in [0, 0.1) is 5.92 Å². The standard InChI is InChI=1S/C10H20N2O/c1-3-4-7(2)9(10(11)13)12-8-5-6-8/h7-9,12H,3-6H2,1-2H3,(H2,11,13). The molecule has 2 atom stereocenters. The van der Waals surface area contributed by atoms with Crippen LogP contribution in [0.4, 0.5) is 0 Å². The SMILES string of the molecule is CCCC(C)C(NC1CC1)C(N)=O. The number of hydrogen-bond donors (Lipinski definition) is 2. The number of carbonyl (C=O) groups is 1. The lowest BCUT2D eigenvalue weighted by Crippen LogP contribution is -2.46. The van der Waals surface area contributed by atoms with Crippen LogP contribution >= 0.6 is 0 Å². The molecule has 76 valence electrons. The lowest BCUT2D eigenvalue weighted by Gasteiger charge is -2.21. The highest BCUT2D eigenvalue weighted by Crippen LogP contribution is 2.22. The van der Waals surface area contributed by atoms with Gasteiger partial charge in [0, 0.05) is 6.04 Å². The second kappa shape index (κ2) is 4.61. The summed E-state index contributed by atoms with van der Waals surface area (Å²) in [6, 6.07) is 0.434. The first-order valence-electron chi connectivity index (χ1n) is 5.20. The molecule has 1 fully saturated rings. The molecule has 1 amide bonds. The van der Waals surface area contributed by atoms with Gasteiger partial charge in [0.1, 0.15) is 0 Å². The van der Waals surface area contributed by atoms with E-state index in [2.05, 4.69) is 19.2 Å². The molecule has 0 aromatic heterocycles. The maximum absolute atomic E-state index is 11.1. The summed E-state index contributed by atoms with van der Waals surface area (Å²) in [5, 5.41) is 3.30. The molecular weight excluding hydrogens is 164 g/mol. The minimum absolute atomic E-state index is 0.118. The molecule has 2 unspecified atom stereocenters. The molecule has 0 aromatic rings. The molecule has 1 aliphatic rings. The predicted molar refractivity (Wildman–Crippen MR) is 53.2 cm³/mol. The third kappa shape index (κ3) is 3.35. The average Bonchev–Trinajstić information content (AvgIpc) is 2.83. The van der Waals surface area contributed by atoms with Crippen LogP contribution in [0.25, 0.3) is 0 Å². The van der Waals surface area contributed by atoms with Crippen LogP contribution in [0.1, 0.15) is 39.5 Å². The van der Waals surface area contributed by atoms with Crippen molar-refractivity contribution in [3.8, 4) is 0 Å². The fourth-order valence-corrected chi connectivity index (χ4v) is 1.65. The molecule has 0 heterocycles. The van der Waals surface area contributed by atoms with E-state index in [0.717, 1.165) is 12.8 Å². The van der Waals surface area contributed by atoms with Gasteiger partial charge in [-0.15, -0.1) is 0 Å². The minimum atomic E-state index is -0.201. The topological polar surface area (TPSA) is 55.1 Å². The fourth-order valence-electron chi connectivity index (χ4n) is 1.65. The average molecular weight is 184 g/mol. The van der Waals surface area contributed by atoms with E-state index in [0.29, 0.717) is 12.0 Å². The van der Waals surface area contributed by atoms with E-state index in [4.69, 9.17) is 5.73 Å². The van der Waals surface area contributed by atoms with E-state index in [1.165, 1.54) is 12.8 Å². The summed E-state index contributed by atoms with van der Waals surface area (Å²) in [5.41, 5.74) is 5.34. The summed E-state index contributed by atoms with van der Waals surface area (Å²) in [6.07, 6.45) is 4.57. The van der Waals surface area contributed by atoms with Crippen LogP contribution in [0.15, 0.2) is 0 Å². The van der Waals surface area contributed by atoms with Gasteiger partial charge in [-0.05, 0) is 25.2 Å². The molecule has 1 aliphatic carbocycles. The Balaban J connectivity index is 2.39. The molecule has 0 bridgehead atoms. The zero-order valence-corrected chi connectivity index (χ0v) is 8.55. The zero-order valence-electron chi connectivity index (χ0n) is 8.55. The highest BCUT2D eigenvalue weighted by atomic mass is 16.1. The van der Waals surface area contributed by atoms with Gasteiger partial charge in [0.25, 0.3) is 0 Å². The normalized spacial score (nSPS) is 21.1. The quantitative estimate of drug-likeness (QED) is 0.647. The third-order valence-electron chi connectivity index (χ3n) is 2.61. The number of amides is 1. The molecule has 3 nitrogen and oxygen atoms in total. The van der Waals surface area contributed by atoms with Crippen molar-refractivity contribution in [3.05, 3.63) is 0 Å². The molecule has 3 heteroatoms. The highest BCUT2D eigenvalue weighted by Gasteiger charge is 2.29. The predicted octanol–water partition coefficient (Wildman–Crippen LogP) is 1.03. The Hall–Kier alpha value is -0.570. The first-order chi connectivity index (χ1) is 6.15. The Bertz CT molecular complexity index is 178. The van der Waals surface area contributed by atoms with Crippen molar-refractivity contribution in [1.82, 2.24) is 5.32 Å². The second-order valence-corrected chi connectivity index (χ2v) is 4.09. The Labute approximate surface area is 80.1 Å². The van der Waals surface area contributed by atoms with Gasteiger partial charge < -0.3 is 11.1 Å². The van der Waals surface area contributed by atoms with Gasteiger partial charge in [0.05, 0.1) is 6.04 Å². The largest absolute Gasteiger partial charge is 0.368 e. The van der Waals surface area contributed by atoms with Crippen LogP contribution in [-0.2, 0) is 4.79 Å². The Morgan fingerprint density at radius 1 is 1.62 bits per heavy atom. The number of hydrogen-bond acceptors (Lipinski definition) is 2. The molecule has 13 heavy (non-hydrogen) atoms. The van der Waals surface area contributed by atoms with Crippen LogP contribution in [-0.4, -0.2) is 18.0 Å². The fraction of sp³-hybridized carbons (Fsp3) is 0.900. The Morgan fingerprint density at radius 2 is 2.23 bits per heavy atom. The van der Waals surface area contributed by atoms with Crippen LogP contribution in [0.2, 0.25) is 0 Å². The van der Waals surface area contributed by atoms with Gasteiger partial charge in [-0.25, -0.2) is 0 Å². The van der Waals surface area contributed by atoms with Gasteiger partial charge >= 0.3 is 0 Å². The maximum atomic E-state index is 11.1. The van der Waals surface area contributed by atoms with Crippen LogP contribution in [0.5, 0.6) is 0 Å². The number of carbonyl (C=O) groups excluding carboxylic acids is 1. The van der Waals surface area contributed by atoms with Gasteiger partial charge in [-0.1, -0.05) is 20.3 Å². The summed E-state index contributed by atoms with van der Waals surface area (Å²) in [5.74, 6) is 0.163. The molecule has 1 rings (SSSR count). The molecule has 0 aliphatic heterocycles. The molecule has 0 saturated heterocycles. The van der Waals surface area contributed by atoms with Crippen molar-refractivity contribution in [2.24, 2.45) is 11.7 Å². The van der Waals surface area contributed by atoms with E-state index in [1.807, 2.05) is 0 Å². The Kier molecular flexibility index (Phi) is 3.72. The van der Waals surface area contributed by atoms with Crippen LogP contribution in [0.3, 0.4) is 0 Å². The monoisotopic (exact) mass is 184 g/mol. The molecule has 0 radical (unpaired) electrons. The van der Waals surface area contributed by atoms with E-state index >= 15 is 0 Å². The minimum Gasteiger partial charge on any atom is -0.368 e. The van der Waals surface area contributed by atoms with E-state index in [9.17, 15) is 4.79 Å². The van der Waals surface area contributed by atoms with Gasteiger partial charge in [0.15, 0.2) is 0 Å². The molecule has 1 saturated carbocycles. The summed E-state index contributed by atoms with van der Waals surface area (Å²) in [7, 11) is 0. The summed E-state index contributed by atoms with van der Waals surface area (Å²) in [6.45, 7) is 4.22. The van der Waals surface area contributed by atoms with E-state index in [1.54, 1.807) is 0 Å². The van der Waals surface area contributed by atoms with E-state index in [-0.39, 0.29) is 11.9 Å². The third-order valence-corrected chi connectivity index (χ3v) is 2.61. The smallest absolute Gasteiger partial charge is 0.234 e. The van der Waals surface area contributed by atoms with Crippen molar-refractivity contribution in [1.29, 1.82) is 0 Å². The van der Waals surface area contributed by atoms with Crippen molar-refractivity contribution < 1.29 is 4.79 Å². The highest BCUT2D eigenvalue weighted by molar-refractivity contribution is 5.80. The summed E-state index contributed by atoms with van der Waals surface area (Å²) < 4.78 is 0. The Morgan fingerprint density at radius 3 is 2.62 bits per heavy atom. The molecule has 3 N–H and O–H groups in total. The number of rotatable bonds is 6. The number of nitrogens with two attached hydrogens (primary N) is 1. The molecule has 0 aromatic carbocycles.